The van der Waals surface area contributed by atoms with Crippen LogP contribution in [-0.4, -0.2) is 9.38 Å². The van der Waals surface area contributed by atoms with Crippen molar-refractivity contribution in [2.75, 3.05) is 0 Å². The predicted octanol–water partition coefficient (Wildman–Crippen LogP) is 3.09. The third kappa shape index (κ3) is 2.34. The van der Waals surface area contributed by atoms with Gasteiger partial charge in [0.1, 0.15) is 18.0 Å². The zero-order valence-corrected chi connectivity index (χ0v) is 11.1. The van der Waals surface area contributed by atoms with E-state index >= 15 is 0 Å². The van der Waals surface area contributed by atoms with Gasteiger partial charge in [-0.1, -0.05) is 12.1 Å². The fraction of sp³-hybridized carbons (Fsp3) is 0.125. The molecular formula is C16H13N3O. The van der Waals surface area contributed by atoms with Gasteiger partial charge in [-0.05, 0) is 36.8 Å². The molecule has 0 saturated heterocycles. The summed E-state index contributed by atoms with van der Waals surface area (Å²) in [7, 11) is 0. The number of nitrogens with zero attached hydrogens (tertiary/aromatic N) is 3. The van der Waals surface area contributed by atoms with Gasteiger partial charge >= 0.3 is 0 Å². The number of hydrogen-bond acceptors (Lipinski definition) is 3. The van der Waals surface area contributed by atoms with Crippen LogP contribution in [0.25, 0.3) is 5.65 Å². The number of pyridine rings is 1. The summed E-state index contributed by atoms with van der Waals surface area (Å²) in [6.07, 6.45) is 3.90. The third-order valence-corrected chi connectivity index (χ3v) is 3.11. The first-order valence-corrected chi connectivity index (χ1v) is 6.32. The molecule has 2 heterocycles. The topological polar surface area (TPSA) is 50.3 Å². The normalized spacial score (nSPS) is 10.4. The summed E-state index contributed by atoms with van der Waals surface area (Å²) >= 11 is 0. The van der Waals surface area contributed by atoms with Gasteiger partial charge in [0.15, 0.2) is 0 Å². The van der Waals surface area contributed by atoms with Crippen LogP contribution in [0, 0.1) is 18.3 Å². The first-order valence-electron chi connectivity index (χ1n) is 6.32. The Morgan fingerprint density at radius 3 is 3.00 bits per heavy atom. The molecule has 3 aromatic rings. The molecule has 0 aliphatic heterocycles. The van der Waals surface area contributed by atoms with Crippen molar-refractivity contribution in [3.05, 3.63) is 65.6 Å². The third-order valence-electron chi connectivity index (χ3n) is 3.11. The maximum atomic E-state index is 8.91. The molecule has 3 rings (SSSR count). The highest BCUT2D eigenvalue weighted by Crippen LogP contribution is 2.20. The maximum absolute atomic E-state index is 8.91. The van der Waals surface area contributed by atoms with Gasteiger partial charge in [-0.3, -0.25) is 0 Å². The monoisotopic (exact) mass is 263 g/mol. The highest BCUT2D eigenvalue weighted by Gasteiger charge is 2.05. The van der Waals surface area contributed by atoms with Crippen molar-refractivity contribution in [1.82, 2.24) is 9.38 Å². The Bertz CT molecular complexity index is 766. The summed E-state index contributed by atoms with van der Waals surface area (Å²) in [5.74, 6) is 0.723. The van der Waals surface area contributed by atoms with Crippen molar-refractivity contribution in [2.45, 2.75) is 13.5 Å². The molecule has 0 aliphatic rings. The van der Waals surface area contributed by atoms with E-state index in [1.165, 1.54) is 0 Å². The van der Waals surface area contributed by atoms with E-state index in [0.29, 0.717) is 12.2 Å². The van der Waals surface area contributed by atoms with Crippen molar-refractivity contribution < 1.29 is 4.74 Å². The minimum Gasteiger partial charge on any atom is -0.487 e. The van der Waals surface area contributed by atoms with E-state index < -0.39 is 0 Å². The van der Waals surface area contributed by atoms with Crippen molar-refractivity contribution in [2.24, 2.45) is 0 Å². The van der Waals surface area contributed by atoms with E-state index in [-0.39, 0.29) is 0 Å². The lowest BCUT2D eigenvalue weighted by molar-refractivity contribution is 0.300. The molecule has 0 aliphatic carbocycles. The molecule has 2 aromatic heterocycles. The van der Waals surface area contributed by atoms with E-state index in [4.69, 9.17) is 10.00 Å². The first kappa shape index (κ1) is 12.2. The number of fused-ring (bicyclic) bond motifs is 1. The summed E-state index contributed by atoms with van der Waals surface area (Å²) in [4.78, 5) is 4.47. The Hall–Kier alpha value is -2.80. The molecular weight excluding hydrogens is 250 g/mol. The van der Waals surface area contributed by atoms with Gasteiger partial charge in [0.2, 0.25) is 0 Å². The van der Waals surface area contributed by atoms with E-state index in [0.717, 1.165) is 22.7 Å². The molecule has 0 atom stereocenters. The molecule has 0 radical (unpaired) electrons. The number of rotatable bonds is 3. The number of nitriles is 1. The van der Waals surface area contributed by atoms with E-state index in [1.807, 2.05) is 48.0 Å². The van der Waals surface area contributed by atoms with Crippen LogP contribution in [0.15, 0.2) is 48.8 Å². The van der Waals surface area contributed by atoms with E-state index in [9.17, 15) is 0 Å². The fourth-order valence-electron chi connectivity index (χ4n) is 2.03. The summed E-state index contributed by atoms with van der Waals surface area (Å²) in [5.41, 5.74) is 3.36. The van der Waals surface area contributed by atoms with Crippen LogP contribution in [-0.2, 0) is 6.61 Å². The molecule has 0 N–H and O–H groups in total. The lowest BCUT2D eigenvalue weighted by atomic mass is 10.1. The van der Waals surface area contributed by atoms with Gasteiger partial charge in [0.05, 0.1) is 17.3 Å². The van der Waals surface area contributed by atoms with Gasteiger partial charge in [0, 0.05) is 12.4 Å². The molecule has 98 valence electrons. The second kappa shape index (κ2) is 5.06. The highest BCUT2D eigenvalue weighted by atomic mass is 16.5. The first-order chi connectivity index (χ1) is 9.76. The summed E-state index contributed by atoms with van der Waals surface area (Å²) in [6, 6.07) is 13.4. The second-order valence-corrected chi connectivity index (χ2v) is 4.58. The lowest BCUT2D eigenvalue weighted by Crippen LogP contribution is -1.97. The predicted molar refractivity (Wildman–Crippen MR) is 75.4 cm³/mol. The maximum Gasteiger partial charge on any atom is 0.137 e. The standard InChI is InChI=1S/C16H13N3O/c1-12-5-6-13(9-17)8-15(12)20-11-14-10-19-7-3-2-4-16(19)18-14/h2-8,10H,11H2,1H3. The minimum atomic E-state index is 0.386. The molecule has 0 spiro atoms. The number of imidazole rings is 1. The van der Waals surface area contributed by atoms with Crippen LogP contribution in [0.4, 0.5) is 0 Å². The summed E-state index contributed by atoms with van der Waals surface area (Å²) in [5, 5.41) is 8.91. The van der Waals surface area contributed by atoms with Gasteiger partial charge in [-0.25, -0.2) is 4.98 Å². The largest absolute Gasteiger partial charge is 0.487 e. The highest BCUT2D eigenvalue weighted by molar-refractivity contribution is 5.42. The number of benzene rings is 1. The van der Waals surface area contributed by atoms with Crippen molar-refractivity contribution in [3.8, 4) is 11.8 Å². The zero-order valence-electron chi connectivity index (χ0n) is 11.1. The van der Waals surface area contributed by atoms with Crippen LogP contribution in [0.1, 0.15) is 16.8 Å². The Balaban J connectivity index is 1.81. The van der Waals surface area contributed by atoms with Crippen molar-refractivity contribution >= 4 is 5.65 Å². The SMILES string of the molecule is Cc1ccc(C#N)cc1OCc1cn2ccccc2n1. The Morgan fingerprint density at radius 1 is 1.30 bits per heavy atom. The van der Waals surface area contributed by atoms with Gasteiger partial charge < -0.3 is 9.14 Å². The van der Waals surface area contributed by atoms with Gasteiger partial charge in [-0.2, -0.15) is 5.26 Å². The average Bonchev–Trinajstić information content (AvgIpc) is 2.89. The van der Waals surface area contributed by atoms with Crippen LogP contribution >= 0.6 is 0 Å². The molecule has 0 unspecified atom stereocenters. The number of aromatic nitrogens is 2. The molecule has 4 nitrogen and oxygen atoms in total. The van der Waals surface area contributed by atoms with Gasteiger partial charge in [0.25, 0.3) is 0 Å². The molecule has 4 heteroatoms. The minimum absolute atomic E-state index is 0.386. The Morgan fingerprint density at radius 2 is 2.20 bits per heavy atom. The number of aryl methyl sites for hydroxylation is 1. The number of hydrogen-bond donors (Lipinski definition) is 0. The molecule has 20 heavy (non-hydrogen) atoms. The molecule has 0 saturated carbocycles. The molecule has 0 bridgehead atoms. The lowest BCUT2D eigenvalue weighted by Gasteiger charge is -2.07. The van der Waals surface area contributed by atoms with Crippen LogP contribution in [0.3, 0.4) is 0 Å². The van der Waals surface area contributed by atoms with E-state index in [2.05, 4.69) is 11.1 Å². The Labute approximate surface area is 116 Å². The smallest absolute Gasteiger partial charge is 0.137 e. The average molecular weight is 263 g/mol. The molecule has 0 fully saturated rings. The van der Waals surface area contributed by atoms with Crippen LogP contribution < -0.4 is 4.74 Å². The van der Waals surface area contributed by atoms with Crippen molar-refractivity contribution in [1.29, 1.82) is 5.26 Å². The molecule has 1 aromatic carbocycles. The quantitative estimate of drug-likeness (QED) is 0.729. The summed E-state index contributed by atoms with van der Waals surface area (Å²) < 4.78 is 7.72. The number of ether oxygens (including phenoxy) is 1. The van der Waals surface area contributed by atoms with Crippen LogP contribution in [0.5, 0.6) is 5.75 Å². The van der Waals surface area contributed by atoms with E-state index in [1.54, 1.807) is 12.1 Å². The van der Waals surface area contributed by atoms with Crippen LogP contribution in [0.2, 0.25) is 0 Å². The zero-order chi connectivity index (χ0) is 13.9. The fourth-order valence-corrected chi connectivity index (χ4v) is 2.03. The molecule has 0 amide bonds. The van der Waals surface area contributed by atoms with Crippen molar-refractivity contribution in [3.63, 3.8) is 0 Å². The van der Waals surface area contributed by atoms with Gasteiger partial charge in [-0.15, -0.1) is 0 Å². The second-order valence-electron chi connectivity index (χ2n) is 4.58. The Kier molecular flexibility index (Phi) is 3.10. The summed E-state index contributed by atoms with van der Waals surface area (Å²) in [6.45, 7) is 2.34.